The number of aromatic nitrogens is 1. The molecule has 1 aliphatic carbocycles. The van der Waals surface area contributed by atoms with Gasteiger partial charge in [-0.05, 0) is 55.7 Å². The topological polar surface area (TPSA) is 118 Å². The van der Waals surface area contributed by atoms with Crippen LogP contribution < -0.4 is 5.32 Å². The van der Waals surface area contributed by atoms with Crippen molar-refractivity contribution < 1.29 is 28.7 Å². The van der Waals surface area contributed by atoms with Crippen LogP contribution in [0.1, 0.15) is 52.5 Å². The van der Waals surface area contributed by atoms with Crippen LogP contribution in [0.2, 0.25) is 0 Å². The number of para-hydroxylation sites is 1. The zero-order valence-electron chi connectivity index (χ0n) is 24.4. The third-order valence-electron chi connectivity index (χ3n) is 9.78. The number of carbonyl (C=O) groups is 4. The summed E-state index contributed by atoms with van der Waals surface area (Å²) in [5, 5.41) is 4.34. The number of hydrogen-bond donors (Lipinski definition) is 2. The zero-order valence-corrected chi connectivity index (χ0v) is 24.4. The second-order valence-corrected chi connectivity index (χ2v) is 12.2. The van der Waals surface area contributed by atoms with Crippen molar-refractivity contribution >= 4 is 34.8 Å². The van der Waals surface area contributed by atoms with Gasteiger partial charge in [0.05, 0.1) is 25.2 Å². The van der Waals surface area contributed by atoms with Crippen LogP contribution >= 0.6 is 0 Å². The fourth-order valence-corrected chi connectivity index (χ4v) is 7.58. The predicted molar refractivity (Wildman–Crippen MR) is 155 cm³/mol. The van der Waals surface area contributed by atoms with Crippen molar-refractivity contribution in [3.05, 3.63) is 59.8 Å². The number of ketones is 1. The number of epoxide rings is 1. The maximum atomic E-state index is 14.3. The first-order chi connectivity index (χ1) is 19.6. The molecule has 3 aliphatic rings. The number of aromatic amines is 1. The lowest BCUT2D eigenvalue weighted by Gasteiger charge is -2.46. The number of H-pyrrole nitrogens is 1. The number of Topliss-reactive ketones (excluding diaryl/α,β-unsaturated/α-hetero) is 1. The number of hydrogen-bond acceptors (Lipinski definition) is 6. The van der Waals surface area contributed by atoms with Gasteiger partial charge in [0.2, 0.25) is 5.91 Å². The molecule has 8 nitrogen and oxygen atoms in total. The molecule has 0 unspecified atom stereocenters. The molecule has 5 rings (SSSR count). The number of nitrogens with one attached hydrogen (secondary N) is 2. The van der Waals surface area contributed by atoms with Crippen molar-refractivity contribution in [3.63, 3.8) is 0 Å². The minimum atomic E-state index is -1.36. The van der Waals surface area contributed by atoms with E-state index in [9.17, 15) is 19.2 Å². The number of benzene rings is 1. The van der Waals surface area contributed by atoms with E-state index in [-0.39, 0.29) is 54.4 Å². The van der Waals surface area contributed by atoms with E-state index in [1.807, 2.05) is 49.5 Å². The highest BCUT2D eigenvalue weighted by atomic mass is 16.6. The normalized spacial score (nSPS) is 33.2. The summed E-state index contributed by atoms with van der Waals surface area (Å²) in [5.41, 5.74) is 0.948. The first-order valence-corrected chi connectivity index (χ1v) is 14.5. The minimum Gasteiger partial charge on any atom is -0.469 e. The summed E-state index contributed by atoms with van der Waals surface area (Å²) in [4.78, 5) is 54.9. The number of aldehydes is 1. The average molecular weight is 561 g/mol. The maximum absolute atomic E-state index is 14.3. The predicted octanol–water partition coefficient (Wildman–Crippen LogP) is 4.48. The van der Waals surface area contributed by atoms with Crippen LogP contribution in [0.4, 0.5) is 0 Å². The van der Waals surface area contributed by atoms with E-state index in [1.54, 1.807) is 6.92 Å². The molecule has 2 N–H and O–H groups in total. The lowest BCUT2D eigenvalue weighted by molar-refractivity contribution is -0.151. The molecule has 2 aliphatic heterocycles. The summed E-state index contributed by atoms with van der Waals surface area (Å²) < 4.78 is 11.2. The molecule has 3 fully saturated rings. The van der Waals surface area contributed by atoms with Crippen LogP contribution in [-0.2, 0) is 35.1 Å². The average Bonchev–Trinajstić information content (AvgIpc) is 3.36. The number of allylic oxidation sites excluding steroid dienone is 3. The van der Waals surface area contributed by atoms with E-state index >= 15 is 0 Å². The lowest BCUT2D eigenvalue weighted by Crippen LogP contribution is -2.58. The fraction of sp³-hybridized carbons (Fsp3) is 0.515. The Hall–Kier alpha value is -3.52. The Kier molecular flexibility index (Phi) is 7.81. The monoisotopic (exact) mass is 560 g/mol. The van der Waals surface area contributed by atoms with Gasteiger partial charge in [0.1, 0.15) is 17.5 Å². The molecular formula is C33H40N2O6. The van der Waals surface area contributed by atoms with Crippen molar-refractivity contribution in [2.45, 2.75) is 71.1 Å². The molecule has 2 saturated heterocycles. The van der Waals surface area contributed by atoms with Crippen LogP contribution in [-0.4, -0.2) is 53.8 Å². The Morgan fingerprint density at radius 3 is 2.71 bits per heavy atom. The number of rotatable bonds is 11. The van der Waals surface area contributed by atoms with Gasteiger partial charge in [0.15, 0.2) is 0 Å². The number of carbonyl (C=O) groups excluding carboxylic acids is 4. The Bertz CT molecular complexity index is 1420. The third-order valence-corrected chi connectivity index (χ3v) is 9.78. The molecule has 1 aromatic heterocycles. The van der Waals surface area contributed by atoms with Crippen LogP contribution in [0.15, 0.2) is 54.3 Å². The SMILES string of the molecule is COC(=O)CCC(=O)[C@@]12C(=O)N[C@@H](Cc3c[nH]c4ccccc34)[C@@H]1[C@H](C)[C@@]1(C)O[C@H]1[C@@H]2/C=C/C[C@H](C)/C=C(\C)C=O. The Balaban J connectivity index is 1.54. The van der Waals surface area contributed by atoms with Gasteiger partial charge in [-0.25, -0.2) is 0 Å². The van der Waals surface area contributed by atoms with Gasteiger partial charge < -0.3 is 19.8 Å². The highest BCUT2D eigenvalue weighted by molar-refractivity contribution is 6.10. The number of esters is 1. The Labute approximate surface area is 240 Å². The van der Waals surface area contributed by atoms with Crippen molar-refractivity contribution in [3.8, 4) is 0 Å². The summed E-state index contributed by atoms with van der Waals surface area (Å²) >= 11 is 0. The molecule has 41 heavy (non-hydrogen) atoms. The highest BCUT2D eigenvalue weighted by Crippen LogP contribution is 2.66. The molecule has 1 aromatic carbocycles. The van der Waals surface area contributed by atoms with Gasteiger partial charge in [0, 0.05) is 41.4 Å². The van der Waals surface area contributed by atoms with Crippen molar-refractivity contribution in [1.29, 1.82) is 0 Å². The lowest BCUT2D eigenvalue weighted by atomic mass is 9.51. The molecule has 1 amide bonds. The molecule has 218 valence electrons. The first kappa shape index (κ1) is 29.0. The summed E-state index contributed by atoms with van der Waals surface area (Å²) in [5.74, 6) is -1.78. The molecule has 8 atom stereocenters. The van der Waals surface area contributed by atoms with Gasteiger partial charge in [0.25, 0.3) is 0 Å². The van der Waals surface area contributed by atoms with Crippen LogP contribution in [0.25, 0.3) is 10.9 Å². The minimum absolute atomic E-state index is 0.0748. The number of fused-ring (bicyclic) bond motifs is 3. The maximum Gasteiger partial charge on any atom is 0.305 e. The largest absolute Gasteiger partial charge is 0.469 e. The smallest absolute Gasteiger partial charge is 0.305 e. The van der Waals surface area contributed by atoms with Gasteiger partial charge in [-0.15, -0.1) is 0 Å². The standard InChI is InChI=1S/C33H40N2O6/c1-19(15-20(2)18-36)9-8-11-24-30-32(4,41-30)21(3)29-26(16-22-17-34-25-12-7-6-10-23(22)25)35-31(39)33(24,29)27(37)13-14-28(38)40-5/h6-8,10-12,15,17-19,21,24,26,29-30,34H,9,13-14,16H2,1-5H3,(H,35,39)/b11-8+,20-15+/t19-,21-,24-,26-,29-,30-,32+,33+/m0/s1. The summed E-state index contributed by atoms with van der Waals surface area (Å²) in [7, 11) is 1.30. The van der Waals surface area contributed by atoms with Gasteiger partial charge in [-0.2, -0.15) is 0 Å². The van der Waals surface area contributed by atoms with E-state index in [0.29, 0.717) is 18.4 Å². The van der Waals surface area contributed by atoms with Crippen molar-refractivity contribution in [2.24, 2.45) is 29.1 Å². The summed E-state index contributed by atoms with van der Waals surface area (Å²) in [6, 6.07) is 7.77. The van der Waals surface area contributed by atoms with E-state index in [0.717, 1.165) is 22.8 Å². The molecular weight excluding hydrogens is 520 g/mol. The molecule has 0 bridgehead atoms. The zero-order chi connectivity index (χ0) is 29.5. The molecule has 8 heteroatoms. The summed E-state index contributed by atoms with van der Waals surface area (Å²) in [6.07, 6.45) is 9.51. The van der Waals surface area contributed by atoms with Crippen LogP contribution in [0.3, 0.4) is 0 Å². The van der Waals surface area contributed by atoms with Gasteiger partial charge in [-0.3, -0.25) is 19.2 Å². The fourth-order valence-electron chi connectivity index (χ4n) is 7.58. The molecule has 1 saturated carbocycles. The second kappa shape index (κ2) is 11.0. The number of methoxy groups -OCH3 is 1. The first-order valence-electron chi connectivity index (χ1n) is 14.5. The molecule has 3 heterocycles. The second-order valence-electron chi connectivity index (χ2n) is 12.2. The quantitative estimate of drug-likeness (QED) is 0.104. The van der Waals surface area contributed by atoms with Crippen molar-refractivity contribution in [2.75, 3.05) is 7.11 Å². The van der Waals surface area contributed by atoms with Gasteiger partial charge in [-0.1, -0.05) is 50.3 Å². The highest BCUT2D eigenvalue weighted by Gasteiger charge is 2.78. The van der Waals surface area contributed by atoms with Gasteiger partial charge >= 0.3 is 5.97 Å². The number of amides is 1. The van der Waals surface area contributed by atoms with E-state index in [4.69, 9.17) is 9.47 Å². The van der Waals surface area contributed by atoms with Crippen LogP contribution in [0, 0.1) is 29.1 Å². The van der Waals surface area contributed by atoms with E-state index in [1.165, 1.54) is 7.11 Å². The Morgan fingerprint density at radius 2 is 1.98 bits per heavy atom. The van der Waals surface area contributed by atoms with Crippen molar-refractivity contribution in [1.82, 2.24) is 10.3 Å². The Morgan fingerprint density at radius 1 is 1.22 bits per heavy atom. The molecule has 0 radical (unpaired) electrons. The summed E-state index contributed by atoms with van der Waals surface area (Å²) in [6.45, 7) is 7.97. The third kappa shape index (κ3) is 4.86. The van der Waals surface area contributed by atoms with Crippen LogP contribution in [0.5, 0.6) is 0 Å². The molecule has 0 spiro atoms. The van der Waals surface area contributed by atoms with E-state index < -0.39 is 22.9 Å². The molecule has 2 aromatic rings. The van der Waals surface area contributed by atoms with E-state index in [2.05, 4.69) is 30.2 Å². The number of ether oxygens (including phenoxy) is 2.